The molecule has 0 aromatic heterocycles. The summed E-state index contributed by atoms with van der Waals surface area (Å²) in [6, 6.07) is 15.6. The Hall–Kier alpha value is -1.93. The molecule has 1 aliphatic heterocycles. The summed E-state index contributed by atoms with van der Waals surface area (Å²) in [6.45, 7) is 1.46. The van der Waals surface area contributed by atoms with Crippen molar-refractivity contribution >= 4 is 27.6 Å². The standard InChI is InChI=1S/C20H23ClN2O4S/c1-27-20(24)19(17-9-5-6-10-18(17)21)22-11-13-23(14-12-22)28(25,26)15-16-7-3-2-4-8-16/h2-10,19H,11-15H2,1H3. The van der Waals surface area contributed by atoms with Crippen LogP contribution in [-0.2, 0) is 25.3 Å². The molecule has 0 saturated carbocycles. The first-order valence-corrected chi connectivity index (χ1v) is 11.0. The zero-order valence-electron chi connectivity index (χ0n) is 15.6. The Labute approximate surface area is 170 Å². The SMILES string of the molecule is COC(=O)C(c1ccccc1Cl)N1CCN(S(=O)(=O)Cc2ccccc2)CC1. The lowest BCUT2D eigenvalue weighted by atomic mass is 10.0. The van der Waals surface area contributed by atoms with E-state index in [1.807, 2.05) is 29.2 Å². The molecule has 6 nitrogen and oxygen atoms in total. The lowest BCUT2D eigenvalue weighted by Gasteiger charge is -2.37. The molecule has 2 aromatic carbocycles. The Bertz CT molecular complexity index is 913. The summed E-state index contributed by atoms with van der Waals surface area (Å²) >= 11 is 6.29. The number of carbonyl (C=O) groups is 1. The molecule has 2 aromatic rings. The van der Waals surface area contributed by atoms with Crippen LogP contribution < -0.4 is 0 Å². The fourth-order valence-electron chi connectivity index (χ4n) is 3.40. The van der Waals surface area contributed by atoms with Crippen LogP contribution in [-0.4, -0.2) is 56.9 Å². The number of hydrogen-bond donors (Lipinski definition) is 0. The molecule has 0 aliphatic carbocycles. The molecule has 8 heteroatoms. The average molecular weight is 423 g/mol. The number of carbonyl (C=O) groups excluding carboxylic acids is 1. The summed E-state index contributed by atoms with van der Waals surface area (Å²) in [6.07, 6.45) is 0. The van der Waals surface area contributed by atoms with E-state index in [-0.39, 0.29) is 5.75 Å². The van der Waals surface area contributed by atoms with Crippen molar-refractivity contribution in [2.75, 3.05) is 33.3 Å². The Balaban J connectivity index is 1.72. The van der Waals surface area contributed by atoms with E-state index in [9.17, 15) is 13.2 Å². The van der Waals surface area contributed by atoms with Crippen LogP contribution in [0.25, 0.3) is 0 Å². The second-order valence-corrected chi connectivity index (χ2v) is 9.00. The molecule has 1 unspecified atom stereocenters. The van der Waals surface area contributed by atoms with Gasteiger partial charge in [-0.2, -0.15) is 4.31 Å². The Morgan fingerprint density at radius 1 is 1.04 bits per heavy atom. The number of nitrogens with zero attached hydrogens (tertiary/aromatic N) is 2. The van der Waals surface area contributed by atoms with Gasteiger partial charge < -0.3 is 4.74 Å². The van der Waals surface area contributed by atoms with Crippen LogP contribution >= 0.6 is 11.6 Å². The maximum absolute atomic E-state index is 12.7. The van der Waals surface area contributed by atoms with Gasteiger partial charge in [0.15, 0.2) is 0 Å². The summed E-state index contributed by atoms with van der Waals surface area (Å²) in [5.41, 5.74) is 1.42. The number of rotatable bonds is 6. The molecule has 0 amide bonds. The Morgan fingerprint density at radius 2 is 1.64 bits per heavy atom. The highest BCUT2D eigenvalue weighted by atomic mass is 35.5. The van der Waals surface area contributed by atoms with E-state index in [1.54, 1.807) is 30.3 Å². The zero-order valence-corrected chi connectivity index (χ0v) is 17.2. The van der Waals surface area contributed by atoms with E-state index >= 15 is 0 Å². The maximum atomic E-state index is 12.7. The van der Waals surface area contributed by atoms with Crippen molar-refractivity contribution in [1.29, 1.82) is 0 Å². The highest BCUT2D eigenvalue weighted by Crippen LogP contribution is 2.30. The number of ether oxygens (including phenoxy) is 1. The first-order chi connectivity index (χ1) is 13.4. The third-order valence-corrected chi connectivity index (χ3v) is 7.04. The highest BCUT2D eigenvalue weighted by molar-refractivity contribution is 7.88. The summed E-state index contributed by atoms with van der Waals surface area (Å²) in [5, 5.41) is 0.483. The first kappa shape index (κ1) is 20.8. The number of esters is 1. The third-order valence-electron chi connectivity index (χ3n) is 4.85. The van der Waals surface area contributed by atoms with Crippen molar-refractivity contribution in [3.05, 3.63) is 70.7 Å². The van der Waals surface area contributed by atoms with Crippen LogP contribution in [0.2, 0.25) is 5.02 Å². The molecule has 0 N–H and O–H groups in total. The molecule has 1 heterocycles. The van der Waals surface area contributed by atoms with Crippen LogP contribution in [0.1, 0.15) is 17.2 Å². The van der Waals surface area contributed by atoms with Gasteiger partial charge in [-0.05, 0) is 17.2 Å². The van der Waals surface area contributed by atoms with Gasteiger partial charge in [0.2, 0.25) is 10.0 Å². The number of halogens is 1. The summed E-state index contributed by atoms with van der Waals surface area (Å²) in [4.78, 5) is 14.3. The Kier molecular flexibility index (Phi) is 6.72. The molecule has 0 spiro atoms. The number of hydrogen-bond acceptors (Lipinski definition) is 5. The fraction of sp³-hybridized carbons (Fsp3) is 0.350. The minimum absolute atomic E-state index is 0.0290. The molecule has 3 rings (SSSR count). The molecule has 0 radical (unpaired) electrons. The van der Waals surface area contributed by atoms with E-state index in [0.29, 0.717) is 36.8 Å². The number of piperazine rings is 1. The molecule has 1 fully saturated rings. The molecule has 1 saturated heterocycles. The van der Waals surface area contributed by atoms with Gasteiger partial charge >= 0.3 is 5.97 Å². The van der Waals surface area contributed by atoms with Crippen molar-refractivity contribution in [3.8, 4) is 0 Å². The van der Waals surface area contributed by atoms with Crippen molar-refractivity contribution in [1.82, 2.24) is 9.21 Å². The summed E-state index contributed by atoms with van der Waals surface area (Å²) in [7, 11) is -2.08. The van der Waals surface area contributed by atoms with E-state index in [4.69, 9.17) is 16.3 Å². The summed E-state index contributed by atoms with van der Waals surface area (Å²) < 4.78 is 31.9. The predicted octanol–water partition coefficient (Wildman–Crippen LogP) is 2.70. The van der Waals surface area contributed by atoms with Crippen molar-refractivity contribution in [3.63, 3.8) is 0 Å². The normalized spacial score (nSPS) is 17.2. The van der Waals surface area contributed by atoms with Gasteiger partial charge in [-0.1, -0.05) is 60.1 Å². The smallest absolute Gasteiger partial charge is 0.327 e. The number of methoxy groups -OCH3 is 1. The van der Waals surface area contributed by atoms with Gasteiger partial charge in [0.25, 0.3) is 0 Å². The summed E-state index contributed by atoms with van der Waals surface area (Å²) in [5.74, 6) is -0.438. The molecule has 0 bridgehead atoms. The minimum atomic E-state index is -3.42. The number of benzene rings is 2. The van der Waals surface area contributed by atoms with Crippen LogP contribution in [0.5, 0.6) is 0 Å². The van der Waals surface area contributed by atoms with E-state index in [0.717, 1.165) is 5.56 Å². The van der Waals surface area contributed by atoms with Crippen molar-refractivity contribution in [2.45, 2.75) is 11.8 Å². The number of sulfonamides is 1. The van der Waals surface area contributed by atoms with Gasteiger partial charge in [-0.15, -0.1) is 0 Å². The second kappa shape index (κ2) is 9.05. The van der Waals surface area contributed by atoms with Gasteiger partial charge in [-0.3, -0.25) is 4.90 Å². The molecule has 1 aliphatic rings. The van der Waals surface area contributed by atoms with Crippen LogP contribution in [0, 0.1) is 0 Å². The lowest BCUT2D eigenvalue weighted by Crippen LogP contribution is -2.51. The molecule has 1 atom stereocenters. The van der Waals surface area contributed by atoms with Crippen molar-refractivity contribution < 1.29 is 17.9 Å². The maximum Gasteiger partial charge on any atom is 0.327 e. The fourth-order valence-corrected chi connectivity index (χ4v) is 5.15. The lowest BCUT2D eigenvalue weighted by molar-refractivity contribution is -0.147. The third kappa shape index (κ3) is 4.72. The van der Waals surface area contributed by atoms with Gasteiger partial charge in [0.1, 0.15) is 6.04 Å². The second-order valence-electron chi connectivity index (χ2n) is 6.62. The van der Waals surface area contributed by atoms with Gasteiger partial charge in [-0.25, -0.2) is 13.2 Å². The van der Waals surface area contributed by atoms with Crippen LogP contribution in [0.3, 0.4) is 0 Å². The monoisotopic (exact) mass is 422 g/mol. The zero-order chi connectivity index (χ0) is 20.1. The minimum Gasteiger partial charge on any atom is -0.468 e. The average Bonchev–Trinajstić information content (AvgIpc) is 2.70. The molecule has 28 heavy (non-hydrogen) atoms. The predicted molar refractivity (Wildman–Crippen MR) is 108 cm³/mol. The van der Waals surface area contributed by atoms with Crippen LogP contribution in [0.15, 0.2) is 54.6 Å². The molecular weight excluding hydrogens is 400 g/mol. The van der Waals surface area contributed by atoms with E-state index < -0.39 is 22.0 Å². The quantitative estimate of drug-likeness (QED) is 0.669. The molecular formula is C20H23ClN2O4S. The first-order valence-electron chi connectivity index (χ1n) is 9.00. The van der Waals surface area contributed by atoms with Gasteiger partial charge in [0.05, 0.1) is 12.9 Å². The largest absolute Gasteiger partial charge is 0.468 e. The van der Waals surface area contributed by atoms with Gasteiger partial charge in [0, 0.05) is 31.2 Å². The van der Waals surface area contributed by atoms with E-state index in [2.05, 4.69) is 0 Å². The molecule has 150 valence electrons. The van der Waals surface area contributed by atoms with E-state index in [1.165, 1.54) is 11.4 Å². The highest BCUT2D eigenvalue weighted by Gasteiger charge is 2.35. The van der Waals surface area contributed by atoms with Crippen molar-refractivity contribution in [2.24, 2.45) is 0 Å². The Morgan fingerprint density at radius 3 is 2.25 bits per heavy atom. The topological polar surface area (TPSA) is 66.9 Å². The van der Waals surface area contributed by atoms with Crippen LogP contribution in [0.4, 0.5) is 0 Å².